The molecule has 7 nitrogen and oxygen atoms in total. The van der Waals surface area contributed by atoms with Gasteiger partial charge in [0.1, 0.15) is 18.1 Å². The maximum absolute atomic E-state index is 12.5. The lowest BCUT2D eigenvalue weighted by atomic mass is 10.2. The lowest BCUT2D eigenvalue weighted by Gasteiger charge is -2.03. The summed E-state index contributed by atoms with van der Waals surface area (Å²) in [5.74, 6) is 1.31. The summed E-state index contributed by atoms with van der Waals surface area (Å²) in [5, 5.41) is 5.14. The minimum absolute atomic E-state index is 0.0705. The molecule has 0 bridgehead atoms. The van der Waals surface area contributed by atoms with Gasteiger partial charge >= 0.3 is 5.69 Å². The van der Waals surface area contributed by atoms with Crippen molar-refractivity contribution in [1.29, 1.82) is 0 Å². The number of thiazole rings is 1. The van der Waals surface area contributed by atoms with Gasteiger partial charge in [0.15, 0.2) is 5.13 Å². The molecule has 0 aliphatic heterocycles. The van der Waals surface area contributed by atoms with Crippen LogP contribution in [-0.4, -0.2) is 20.0 Å². The summed E-state index contributed by atoms with van der Waals surface area (Å²) in [7, 11) is 1.70. The average molecular weight is 382 g/mol. The standard InChI is InChI=1S/C19H18N4O3S/c1-11-8-13(12(2)26-11)14-10-27-18(20-14)21-17(24)9-23-16-7-5-4-6-15(16)22(3)19(23)25/h4-8,10H,9H2,1-3H3,(H,20,21,24). The quantitative estimate of drug-likeness (QED) is 0.587. The monoisotopic (exact) mass is 382 g/mol. The zero-order valence-electron chi connectivity index (χ0n) is 15.1. The summed E-state index contributed by atoms with van der Waals surface area (Å²) in [6, 6.07) is 9.32. The molecule has 3 heterocycles. The van der Waals surface area contributed by atoms with E-state index in [-0.39, 0.29) is 18.1 Å². The van der Waals surface area contributed by atoms with Crippen molar-refractivity contribution in [2.75, 3.05) is 5.32 Å². The van der Waals surface area contributed by atoms with E-state index in [1.54, 1.807) is 7.05 Å². The lowest BCUT2D eigenvalue weighted by Crippen LogP contribution is -2.28. The Hall–Kier alpha value is -3.13. The number of aromatic nitrogens is 3. The second-order valence-corrected chi connectivity index (χ2v) is 7.19. The van der Waals surface area contributed by atoms with Crippen molar-refractivity contribution in [1.82, 2.24) is 14.1 Å². The van der Waals surface area contributed by atoms with Crippen LogP contribution in [0.3, 0.4) is 0 Å². The molecule has 0 radical (unpaired) electrons. The van der Waals surface area contributed by atoms with Gasteiger partial charge in [0.05, 0.1) is 16.7 Å². The summed E-state index contributed by atoms with van der Waals surface area (Å²) < 4.78 is 8.53. The molecule has 0 unspecified atom stereocenters. The van der Waals surface area contributed by atoms with Gasteiger partial charge in [-0.3, -0.25) is 13.9 Å². The minimum atomic E-state index is -0.297. The summed E-state index contributed by atoms with van der Waals surface area (Å²) in [5.41, 5.74) is 2.96. The van der Waals surface area contributed by atoms with Crippen LogP contribution in [0.4, 0.5) is 5.13 Å². The van der Waals surface area contributed by atoms with E-state index >= 15 is 0 Å². The predicted molar refractivity (Wildman–Crippen MR) is 105 cm³/mol. The second kappa shape index (κ2) is 6.55. The van der Waals surface area contributed by atoms with E-state index in [1.165, 1.54) is 20.5 Å². The van der Waals surface area contributed by atoms with Crippen LogP contribution in [0.15, 0.2) is 44.9 Å². The van der Waals surface area contributed by atoms with E-state index in [4.69, 9.17) is 4.42 Å². The van der Waals surface area contributed by atoms with Gasteiger partial charge in [-0.25, -0.2) is 9.78 Å². The molecule has 8 heteroatoms. The molecule has 0 saturated carbocycles. The third-order valence-electron chi connectivity index (χ3n) is 4.42. The van der Waals surface area contributed by atoms with Gasteiger partial charge in [-0.05, 0) is 32.0 Å². The highest BCUT2D eigenvalue weighted by Crippen LogP contribution is 2.29. The Labute approximate surface area is 158 Å². The fourth-order valence-electron chi connectivity index (χ4n) is 3.16. The normalized spacial score (nSPS) is 11.2. The van der Waals surface area contributed by atoms with E-state index in [0.717, 1.165) is 33.8 Å². The number of fused-ring (bicyclic) bond motifs is 1. The Bertz CT molecular complexity index is 1210. The van der Waals surface area contributed by atoms with Crippen molar-refractivity contribution in [2.45, 2.75) is 20.4 Å². The van der Waals surface area contributed by atoms with E-state index < -0.39 is 0 Å². The molecule has 0 aliphatic carbocycles. The van der Waals surface area contributed by atoms with Gasteiger partial charge < -0.3 is 9.73 Å². The average Bonchev–Trinajstić information content (AvgIpc) is 3.29. The highest BCUT2D eigenvalue weighted by atomic mass is 32.1. The fraction of sp³-hybridized carbons (Fsp3) is 0.211. The molecule has 4 rings (SSSR count). The predicted octanol–water partition coefficient (Wildman–Crippen LogP) is 3.31. The zero-order valence-corrected chi connectivity index (χ0v) is 16.0. The number of para-hydroxylation sites is 2. The maximum atomic E-state index is 12.5. The van der Waals surface area contributed by atoms with Crippen molar-refractivity contribution >= 4 is 33.4 Å². The van der Waals surface area contributed by atoms with Crippen LogP contribution in [0.1, 0.15) is 11.5 Å². The molecule has 1 aromatic carbocycles. The summed E-state index contributed by atoms with van der Waals surface area (Å²) in [6.07, 6.45) is 0. The van der Waals surface area contributed by atoms with Crippen molar-refractivity contribution in [3.8, 4) is 11.3 Å². The molecule has 0 saturated heterocycles. The first-order valence-corrected chi connectivity index (χ1v) is 9.29. The molecule has 0 spiro atoms. The van der Waals surface area contributed by atoms with Crippen LogP contribution in [-0.2, 0) is 18.4 Å². The van der Waals surface area contributed by atoms with E-state index in [1.807, 2.05) is 49.6 Å². The minimum Gasteiger partial charge on any atom is -0.466 e. The van der Waals surface area contributed by atoms with Gasteiger partial charge in [0, 0.05) is 18.0 Å². The van der Waals surface area contributed by atoms with Gasteiger partial charge in [0.25, 0.3) is 0 Å². The number of rotatable bonds is 4. The molecule has 0 aliphatic rings. The smallest absolute Gasteiger partial charge is 0.329 e. The van der Waals surface area contributed by atoms with Gasteiger partial charge in [-0.15, -0.1) is 11.3 Å². The Balaban J connectivity index is 1.55. The summed E-state index contributed by atoms with van der Waals surface area (Å²) >= 11 is 1.34. The Morgan fingerprint density at radius 2 is 2.00 bits per heavy atom. The first-order chi connectivity index (χ1) is 12.9. The van der Waals surface area contributed by atoms with Crippen molar-refractivity contribution < 1.29 is 9.21 Å². The molecule has 0 fully saturated rings. The largest absolute Gasteiger partial charge is 0.466 e. The maximum Gasteiger partial charge on any atom is 0.329 e. The van der Waals surface area contributed by atoms with Crippen molar-refractivity contribution in [3.05, 3.63) is 57.7 Å². The Morgan fingerprint density at radius 1 is 1.26 bits per heavy atom. The highest BCUT2D eigenvalue weighted by molar-refractivity contribution is 7.14. The summed E-state index contributed by atoms with van der Waals surface area (Å²) in [4.78, 5) is 29.4. The number of hydrogen-bond acceptors (Lipinski definition) is 5. The topological polar surface area (TPSA) is 82.1 Å². The number of benzene rings is 1. The molecular weight excluding hydrogens is 364 g/mol. The molecule has 3 aromatic heterocycles. The van der Waals surface area contributed by atoms with Crippen LogP contribution >= 0.6 is 11.3 Å². The van der Waals surface area contributed by atoms with Gasteiger partial charge in [0.2, 0.25) is 5.91 Å². The molecule has 138 valence electrons. The highest BCUT2D eigenvalue weighted by Gasteiger charge is 2.15. The Morgan fingerprint density at radius 3 is 2.70 bits per heavy atom. The number of aryl methyl sites for hydroxylation is 3. The van der Waals surface area contributed by atoms with Crippen molar-refractivity contribution in [3.63, 3.8) is 0 Å². The number of carbonyl (C=O) groups excluding carboxylic acids is 1. The fourth-order valence-corrected chi connectivity index (χ4v) is 3.89. The third-order valence-corrected chi connectivity index (χ3v) is 5.18. The number of nitrogens with zero attached hydrogens (tertiary/aromatic N) is 3. The molecule has 0 atom stereocenters. The number of carbonyl (C=O) groups is 1. The number of furan rings is 1. The van der Waals surface area contributed by atoms with E-state index in [9.17, 15) is 9.59 Å². The van der Waals surface area contributed by atoms with Crippen LogP contribution < -0.4 is 11.0 Å². The molecule has 1 amide bonds. The zero-order chi connectivity index (χ0) is 19.1. The first kappa shape index (κ1) is 17.3. The van der Waals surface area contributed by atoms with Crippen LogP contribution in [0, 0.1) is 13.8 Å². The Kier molecular flexibility index (Phi) is 4.19. The van der Waals surface area contributed by atoms with Crippen LogP contribution in [0.2, 0.25) is 0 Å². The molecule has 27 heavy (non-hydrogen) atoms. The van der Waals surface area contributed by atoms with Crippen molar-refractivity contribution in [2.24, 2.45) is 7.05 Å². The number of imidazole rings is 1. The molecular formula is C19H18N4O3S. The van der Waals surface area contributed by atoms with Gasteiger partial charge in [-0.1, -0.05) is 12.1 Å². The van der Waals surface area contributed by atoms with E-state index in [2.05, 4.69) is 10.3 Å². The third kappa shape index (κ3) is 3.08. The van der Waals surface area contributed by atoms with Crippen LogP contribution in [0.5, 0.6) is 0 Å². The molecule has 4 aromatic rings. The second-order valence-electron chi connectivity index (χ2n) is 6.33. The SMILES string of the molecule is Cc1cc(-c2csc(NC(=O)Cn3c(=O)n(C)c4ccccc43)n2)c(C)o1. The number of nitrogens with one attached hydrogen (secondary N) is 1. The number of hydrogen-bond donors (Lipinski definition) is 1. The van der Waals surface area contributed by atoms with Gasteiger partial charge in [-0.2, -0.15) is 0 Å². The molecule has 1 N–H and O–H groups in total. The number of anilines is 1. The summed E-state index contributed by atoms with van der Waals surface area (Å²) in [6.45, 7) is 3.69. The van der Waals surface area contributed by atoms with Crippen LogP contribution in [0.25, 0.3) is 22.3 Å². The number of amides is 1. The van der Waals surface area contributed by atoms with E-state index in [0.29, 0.717) is 5.13 Å². The lowest BCUT2D eigenvalue weighted by molar-refractivity contribution is -0.116. The first-order valence-electron chi connectivity index (χ1n) is 8.41.